The third-order valence-electron chi connectivity index (χ3n) is 11.6. The Balaban J connectivity index is 1.04. The summed E-state index contributed by atoms with van der Waals surface area (Å²) in [7, 11) is 0. The highest BCUT2D eigenvalue weighted by atomic mass is 19.3. The molecule has 3 aliphatic rings. The molecule has 4 heterocycles. The number of aryl methyl sites for hydroxylation is 2. The number of hydrogen-bond acceptors (Lipinski definition) is 6. The van der Waals surface area contributed by atoms with Crippen LogP contribution in [0.2, 0.25) is 0 Å². The summed E-state index contributed by atoms with van der Waals surface area (Å²) in [6.07, 6.45) is 4.19. The van der Waals surface area contributed by atoms with E-state index < -0.39 is 73.0 Å². The number of alkyl halides is 4. The monoisotopic (exact) mass is 778 g/mol. The molecule has 2 saturated heterocycles. The van der Waals surface area contributed by atoms with Crippen molar-refractivity contribution in [2.24, 2.45) is 11.8 Å². The molecule has 2 fully saturated rings. The summed E-state index contributed by atoms with van der Waals surface area (Å²) in [5.74, 6) is -5.65. The predicted octanol–water partition coefficient (Wildman–Crippen LogP) is 8.27. The first-order valence-corrected chi connectivity index (χ1v) is 19.4. The highest BCUT2D eigenvalue weighted by Crippen LogP contribution is 2.40. The zero-order valence-electron chi connectivity index (χ0n) is 32.6. The largest absolute Gasteiger partial charge is 0.359 e. The first-order chi connectivity index (χ1) is 26.4. The fourth-order valence-electron chi connectivity index (χ4n) is 7.72. The number of aromatic amines is 2. The van der Waals surface area contributed by atoms with Crippen LogP contribution >= 0.6 is 0 Å². The third kappa shape index (κ3) is 8.00. The van der Waals surface area contributed by atoms with Gasteiger partial charge in [-0.2, -0.15) is 0 Å². The summed E-state index contributed by atoms with van der Waals surface area (Å²) in [4.78, 5) is 42.5. The number of halogens is 4. The van der Waals surface area contributed by atoms with E-state index >= 15 is 0 Å². The van der Waals surface area contributed by atoms with Crippen molar-refractivity contribution < 1.29 is 36.6 Å². The smallest absolute Gasteiger partial charge is 0.271 e. The van der Waals surface area contributed by atoms with Gasteiger partial charge in [0.1, 0.15) is 36.1 Å². The van der Waals surface area contributed by atoms with Crippen molar-refractivity contribution in [3.8, 4) is 33.6 Å². The average molecular weight is 779 g/mol. The molecule has 0 spiro atoms. The van der Waals surface area contributed by atoms with Gasteiger partial charge in [0, 0.05) is 12.8 Å². The second-order valence-corrected chi connectivity index (χ2v) is 16.7. The van der Waals surface area contributed by atoms with E-state index in [4.69, 9.17) is 9.47 Å². The van der Waals surface area contributed by atoms with Crippen molar-refractivity contribution in [1.29, 1.82) is 0 Å². The molecular weight excluding hydrogens is 728 g/mol. The molecule has 2 aliphatic heterocycles. The summed E-state index contributed by atoms with van der Waals surface area (Å²) in [5.41, 5.74) is 5.53. The Hall–Kier alpha value is -4.56. The van der Waals surface area contributed by atoms with Crippen LogP contribution in [-0.2, 0) is 31.9 Å². The number of amides is 2. The molecule has 300 valence electrons. The van der Waals surface area contributed by atoms with E-state index in [2.05, 4.69) is 54.8 Å². The van der Waals surface area contributed by atoms with E-state index in [0.717, 1.165) is 46.5 Å². The Morgan fingerprint density at radius 2 is 1.05 bits per heavy atom. The van der Waals surface area contributed by atoms with Crippen molar-refractivity contribution in [3.05, 3.63) is 71.6 Å². The Kier molecular flexibility index (Phi) is 10.4. The molecule has 7 rings (SSSR count). The molecule has 14 heteroatoms. The van der Waals surface area contributed by atoms with Crippen molar-refractivity contribution in [1.82, 2.24) is 30.6 Å². The van der Waals surface area contributed by atoms with E-state index in [9.17, 15) is 27.2 Å². The van der Waals surface area contributed by atoms with Gasteiger partial charge in [0.05, 0.1) is 35.9 Å². The van der Waals surface area contributed by atoms with E-state index in [1.165, 1.54) is 11.1 Å². The topological polar surface area (TPSA) is 134 Å². The quantitative estimate of drug-likeness (QED) is 0.120. The minimum atomic E-state index is -2.93. The van der Waals surface area contributed by atoms with Crippen molar-refractivity contribution in [3.63, 3.8) is 0 Å². The van der Waals surface area contributed by atoms with Crippen LogP contribution < -0.4 is 10.6 Å². The van der Waals surface area contributed by atoms with Gasteiger partial charge in [-0.15, -0.1) is 0 Å². The summed E-state index contributed by atoms with van der Waals surface area (Å²) in [6, 6.07) is 11.7. The number of aromatic nitrogens is 4. The molecule has 1 aliphatic carbocycles. The SMILES string of the molecule is CC(C)C(NC(=O)C1(C)CCC(F)(F)CO1)c1ncc(-c2ccc3c(c2)CCc2cc(-c4cnc(C(NC(=O)C5(C)CCC(F)(F)CO5)C(C)C)[nH]4)ccc2-3)[nH]1. The van der Waals surface area contributed by atoms with Crippen LogP contribution in [0.4, 0.5) is 17.6 Å². The fraction of sp³-hybridized carbons (Fsp3) is 0.524. The highest BCUT2D eigenvalue weighted by Gasteiger charge is 2.48. The van der Waals surface area contributed by atoms with Crippen LogP contribution in [0.25, 0.3) is 33.6 Å². The maximum Gasteiger partial charge on any atom is 0.271 e. The minimum Gasteiger partial charge on any atom is -0.359 e. The number of nitrogens with one attached hydrogen (secondary N) is 4. The lowest BCUT2D eigenvalue weighted by Gasteiger charge is -2.37. The van der Waals surface area contributed by atoms with Crippen LogP contribution in [0, 0.1) is 11.8 Å². The number of H-pyrrole nitrogens is 2. The maximum absolute atomic E-state index is 13.7. The lowest BCUT2D eigenvalue weighted by molar-refractivity contribution is -0.190. The van der Waals surface area contributed by atoms with Gasteiger partial charge in [-0.3, -0.25) is 9.59 Å². The number of carbonyl (C=O) groups excluding carboxylic acids is 2. The Morgan fingerprint density at radius 3 is 1.39 bits per heavy atom. The molecule has 4 N–H and O–H groups in total. The summed E-state index contributed by atoms with van der Waals surface area (Å²) in [5, 5.41) is 5.99. The molecule has 0 bridgehead atoms. The van der Waals surface area contributed by atoms with Gasteiger partial charge >= 0.3 is 0 Å². The van der Waals surface area contributed by atoms with Crippen LogP contribution in [-0.4, -0.2) is 68.0 Å². The number of ether oxygens (including phenoxy) is 2. The fourth-order valence-corrected chi connectivity index (χ4v) is 7.72. The lowest BCUT2D eigenvalue weighted by Crippen LogP contribution is -2.53. The maximum atomic E-state index is 13.7. The number of hydrogen-bond donors (Lipinski definition) is 4. The minimum absolute atomic E-state index is 0.0344. The van der Waals surface area contributed by atoms with Crippen molar-refractivity contribution in [2.75, 3.05) is 13.2 Å². The zero-order chi connectivity index (χ0) is 40.2. The lowest BCUT2D eigenvalue weighted by atomic mass is 9.83. The standard InChI is InChI=1S/C42H50F4N6O4/c1-23(2)33(51-37(53)39(5)13-15-41(43,44)21-55-39)35-47-19-31(49-35)27-9-11-29-25(17-27)7-8-26-18-28(10-12-30(26)29)32-20-48-36(50-32)34(24(3)4)52-38(54)40(6)14-16-42(45,46)22-56-40/h9-12,17-20,23-24,33-34H,7-8,13-16,21-22H2,1-6H3,(H,47,49)(H,48,50)(H,51,53)(H,52,54). The first kappa shape index (κ1) is 39.7. The first-order valence-electron chi connectivity index (χ1n) is 19.4. The Morgan fingerprint density at radius 1 is 0.661 bits per heavy atom. The number of rotatable bonds is 10. The van der Waals surface area contributed by atoms with Crippen LogP contribution in [0.3, 0.4) is 0 Å². The summed E-state index contributed by atoms with van der Waals surface area (Å²) < 4.78 is 65.6. The Labute approximate surface area is 324 Å². The van der Waals surface area contributed by atoms with Crippen molar-refractivity contribution >= 4 is 11.8 Å². The van der Waals surface area contributed by atoms with Crippen LogP contribution in [0.5, 0.6) is 0 Å². The normalized spacial score (nSPS) is 23.9. The molecule has 0 saturated carbocycles. The number of nitrogens with zero attached hydrogens (tertiary/aromatic N) is 2. The van der Waals surface area contributed by atoms with Gasteiger partial charge in [0.15, 0.2) is 0 Å². The molecule has 2 amide bonds. The van der Waals surface area contributed by atoms with Gasteiger partial charge in [0.25, 0.3) is 23.7 Å². The molecule has 2 aromatic heterocycles. The van der Waals surface area contributed by atoms with E-state index in [1.54, 1.807) is 26.2 Å². The van der Waals surface area contributed by atoms with Gasteiger partial charge in [-0.05, 0) is 96.9 Å². The number of benzene rings is 2. The summed E-state index contributed by atoms with van der Waals surface area (Å²) in [6.45, 7) is 9.40. The Bertz CT molecular complexity index is 1940. The van der Waals surface area contributed by atoms with Crippen molar-refractivity contribution in [2.45, 2.75) is 115 Å². The number of fused-ring (bicyclic) bond motifs is 3. The zero-order valence-corrected chi connectivity index (χ0v) is 32.6. The average Bonchev–Trinajstić information content (AvgIpc) is 3.86. The van der Waals surface area contributed by atoms with Crippen LogP contribution in [0.15, 0.2) is 48.8 Å². The molecule has 2 aromatic carbocycles. The second-order valence-electron chi connectivity index (χ2n) is 16.7. The third-order valence-corrected chi connectivity index (χ3v) is 11.6. The molecule has 4 aromatic rings. The molecule has 4 atom stereocenters. The van der Waals surface area contributed by atoms with Crippen LogP contribution in [0.1, 0.15) is 102 Å². The van der Waals surface area contributed by atoms with E-state index in [-0.39, 0.29) is 24.7 Å². The molecule has 10 nitrogen and oxygen atoms in total. The molecule has 56 heavy (non-hydrogen) atoms. The number of imidazole rings is 2. The summed E-state index contributed by atoms with van der Waals surface area (Å²) >= 11 is 0. The van der Waals surface area contributed by atoms with Gasteiger partial charge in [-0.25, -0.2) is 27.5 Å². The molecular formula is C42H50F4N6O4. The van der Waals surface area contributed by atoms with Gasteiger partial charge in [-0.1, -0.05) is 52.0 Å². The molecule has 4 unspecified atom stereocenters. The predicted molar refractivity (Wildman–Crippen MR) is 203 cm³/mol. The van der Waals surface area contributed by atoms with Gasteiger partial charge in [0.2, 0.25) is 0 Å². The molecule has 0 radical (unpaired) electrons. The van der Waals surface area contributed by atoms with E-state index in [1.807, 2.05) is 39.8 Å². The highest BCUT2D eigenvalue weighted by molar-refractivity contribution is 5.86. The van der Waals surface area contributed by atoms with E-state index in [0.29, 0.717) is 11.6 Å². The van der Waals surface area contributed by atoms with Gasteiger partial charge < -0.3 is 30.1 Å². The second kappa shape index (κ2) is 14.7. The number of carbonyl (C=O) groups is 2.